The summed E-state index contributed by atoms with van der Waals surface area (Å²) in [6.45, 7) is 0. The molecule has 0 spiro atoms. The zero-order chi connectivity index (χ0) is 23.5. The van der Waals surface area contributed by atoms with Gasteiger partial charge in [-0.3, -0.25) is 0 Å². The summed E-state index contributed by atoms with van der Waals surface area (Å²) in [5.41, 5.74) is -6.14. The zero-order valence-electron chi connectivity index (χ0n) is 15.2. The van der Waals surface area contributed by atoms with Gasteiger partial charge in [-0.05, 0) is 19.3 Å². The minimum Gasteiger partial charge on any atom is -0.373 e. The normalized spacial score (nSPS) is 16.2. The monoisotopic (exact) mass is 478 g/mol. The highest BCUT2D eigenvalue weighted by atomic mass is 28.4. The van der Waals surface area contributed by atoms with E-state index >= 15 is 0 Å². The van der Waals surface area contributed by atoms with Crippen molar-refractivity contribution >= 4 is 8.80 Å². The third kappa shape index (κ3) is 5.12. The third-order valence-corrected chi connectivity index (χ3v) is 6.65. The first-order valence-electron chi connectivity index (χ1n) is 7.68. The first-order valence-corrected chi connectivity index (χ1v) is 9.41. The van der Waals surface area contributed by atoms with Gasteiger partial charge in [0.2, 0.25) is 0 Å². The van der Waals surface area contributed by atoms with E-state index < -0.39 is 70.1 Å². The van der Waals surface area contributed by atoms with E-state index in [9.17, 15) is 52.7 Å². The lowest BCUT2D eigenvalue weighted by molar-refractivity contribution is -0.367. The molecule has 0 N–H and O–H groups in total. The molecule has 1 atom stereocenters. The molecule has 1 unspecified atom stereocenters. The maximum absolute atomic E-state index is 14.1. The van der Waals surface area contributed by atoms with E-state index in [1.165, 1.54) is 0 Å². The van der Waals surface area contributed by atoms with Gasteiger partial charge in [0.15, 0.2) is 6.17 Å². The predicted octanol–water partition coefficient (Wildman–Crippen LogP) is 5.41. The standard InChI is InChI=1S/C13H18F12O3Si/c1-26-29(27-2,28-3)13(24,25)12(22,23)11(20,21)10(18,19)8(14)6-4-5-7-9(15,16)17/h8H,4-7H2,1-3H3. The lowest BCUT2D eigenvalue weighted by atomic mass is 9.96. The van der Waals surface area contributed by atoms with Gasteiger partial charge in [0, 0.05) is 27.8 Å². The Morgan fingerprint density at radius 2 is 1.10 bits per heavy atom. The van der Waals surface area contributed by atoms with Gasteiger partial charge in [-0.2, -0.15) is 48.3 Å². The Labute approximate surface area is 158 Å². The SMILES string of the molecule is CO[Si](OC)(OC)C(F)(F)C(F)(F)C(F)(F)C(F)(F)C(F)CCCCC(F)(F)F. The summed E-state index contributed by atoms with van der Waals surface area (Å²) in [6.07, 6.45) is -14.2. The van der Waals surface area contributed by atoms with E-state index in [0.717, 1.165) is 0 Å². The van der Waals surface area contributed by atoms with Gasteiger partial charge < -0.3 is 13.3 Å². The molecule has 0 aromatic heterocycles. The van der Waals surface area contributed by atoms with Crippen molar-refractivity contribution in [3.63, 3.8) is 0 Å². The zero-order valence-corrected chi connectivity index (χ0v) is 16.2. The second-order valence-corrected chi connectivity index (χ2v) is 8.81. The van der Waals surface area contributed by atoms with Gasteiger partial charge >= 0.3 is 38.3 Å². The maximum Gasteiger partial charge on any atom is 0.581 e. The van der Waals surface area contributed by atoms with Crippen molar-refractivity contribution in [2.24, 2.45) is 0 Å². The van der Waals surface area contributed by atoms with Crippen molar-refractivity contribution in [3.05, 3.63) is 0 Å². The first-order chi connectivity index (χ1) is 12.8. The number of rotatable bonds is 12. The van der Waals surface area contributed by atoms with Crippen molar-refractivity contribution in [1.82, 2.24) is 0 Å². The Hall–Kier alpha value is -0.743. The quantitative estimate of drug-likeness (QED) is 0.214. The number of hydrogen-bond acceptors (Lipinski definition) is 3. The van der Waals surface area contributed by atoms with Crippen LogP contribution in [0.4, 0.5) is 52.7 Å². The number of alkyl halides is 12. The molecule has 3 nitrogen and oxygen atoms in total. The molecule has 0 heterocycles. The van der Waals surface area contributed by atoms with Gasteiger partial charge in [0.25, 0.3) is 0 Å². The largest absolute Gasteiger partial charge is 0.581 e. The molecule has 0 saturated heterocycles. The summed E-state index contributed by atoms with van der Waals surface area (Å²) in [6, 6.07) is 0. The van der Waals surface area contributed by atoms with Crippen LogP contribution in [0.1, 0.15) is 25.7 Å². The number of hydrogen-bond donors (Lipinski definition) is 0. The van der Waals surface area contributed by atoms with Crippen molar-refractivity contribution in [2.75, 3.05) is 21.3 Å². The van der Waals surface area contributed by atoms with Crippen molar-refractivity contribution < 1.29 is 66.0 Å². The van der Waals surface area contributed by atoms with Crippen LogP contribution in [0.15, 0.2) is 0 Å². The smallest absolute Gasteiger partial charge is 0.373 e. The van der Waals surface area contributed by atoms with Gasteiger partial charge in [0.1, 0.15) is 0 Å². The van der Waals surface area contributed by atoms with Gasteiger partial charge in [0.05, 0.1) is 0 Å². The first kappa shape index (κ1) is 28.3. The lowest BCUT2D eigenvalue weighted by Gasteiger charge is -2.41. The summed E-state index contributed by atoms with van der Waals surface area (Å²) in [7, 11) is -5.05. The highest BCUT2D eigenvalue weighted by molar-refractivity contribution is 6.63. The predicted molar refractivity (Wildman–Crippen MR) is 76.0 cm³/mol. The molecule has 0 amide bonds. The molecule has 0 aromatic rings. The minimum atomic E-state index is -6.99. The molecule has 0 aliphatic heterocycles. The Morgan fingerprint density at radius 1 is 0.690 bits per heavy atom. The highest BCUT2D eigenvalue weighted by Gasteiger charge is 2.89. The van der Waals surface area contributed by atoms with E-state index in [0.29, 0.717) is 21.3 Å². The average Bonchev–Trinajstić information content (AvgIpc) is 2.58. The summed E-state index contributed by atoms with van der Waals surface area (Å²) in [5, 5.41) is 0. The fourth-order valence-corrected chi connectivity index (χ4v) is 4.07. The van der Waals surface area contributed by atoms with Crippen LogP contribution in [0.25, 0.3) is 0 Å². The molecular formula is C13H18F12O3Si. The van der Waals surface area contributed by atoms with Crippen LogP contribution in [-0.4, -0.2) is 65.8 Å². The molecule has 29 heavy (non-hydrogen) atoms. The Balaban J connectivity index is 5.74. The van der Waals surface area contributed by atoms with E-state index in [-0.39, 0.29) is 0 Å². The molecule has 0 bridgehead atoms. The van der Waals surface area contributed by atoms with Crippen LogP contribution in [0.2, 0.25) is 0 Å². The van der Waals surface area contributed by atoms with E-state index in [2.05, 4.69) is 13.3 Å². The molecule has 0 saturated carbocycles. The van der Waals surface area contributed by atoms with Gasteiger partial charge in [-0.1, -0.05) is 0 Å². The van der Waals surface area contributed by atoms with Crippen LogP contribution in [0, 0.1) is 0 Å². The third-order valence-electron chi connectivity index (χ3n) is 3.96. The molecule has 0 fully saturated rings. The Kier molecular flexibility index (Phi) is 8.94. The number of halogens is 12. The molecule has 16 heteroatoms. The van der Waals surface area contributed by atoms with Crippen LogP contribution < -0.4 is 0 Å². The molecule has 0 aromatic carbocycles. The van der Waals surface area contributed by atoms with Crippen molar-refractivity contribution in [1.29, 1.82) is 0 Å². The van der Waals surface area contributed by atoms with Crippen LogP contribution in [0.5, 0.6) is 0 Å². The molecule has 176 valence electrons. The minimum absolute atomic E-state index is 0.318. The van der Waals surface area contributed by atoms with Crippen LogP contribution in [-0.2, 0) is 13.3 Å². The van der Waals surface area contributed by atoms with Crippen LogP contribution >= 0.6 is 0 Å². The molecule has 0 aliphatic carbocycles. The van der Waals surface area contributed by atoms with Crippen molar-refractivity contribution in [3.8, 4) is 0 Å². The van der Waals surface area contributed by atoms with E-state index in [1.807, 2.05) is 0 Å². The molecule has 0 aliphatic rings. The second kappa shape index (κ2) is 9.17. The molecule has 0 radical (unpaired) electrons. The fourth-order valence-electron chi connectivity index (χ4n) is 2.26. The summed E-state index contributed by atoms with van der Waals surface area (Å²) >= 11 is 0. The maximum atomic E-state index is 14.1. The Bertz CT molecular complexity index is 513. The molecule has 0 rings (SSSR count). The summed E-state index contributed by atoms with van der Waals surface area (Å²) < 4.78 is 172. The second-order valence-electron chi connectivity index (χ2n) is 5.84. The summed E-state index contributed by atoms with van der Waals surface area (Å²) in [5.74, 6) is -20.3. The fraction of sp³-hybridized carbons (Fsp3) is 1.00. The van der Waals surface area contributed by atoms with Crippen LogP contribution in [0.3, 0.4) is 0 Å². The highest BCUT2D eigenvalue weighted by Crippen LogP contribution is 2.57. The van der Waals surface area contributed by atoms with Crippen molar-refractivity contribution in [2.45, 2.75) is 61.3 Å². The average molecular weight is 478 g/mol. The lowest BCUT2D eigenvalue weighted by Crippen LogP contribution is -2.74. The van der Waals surface area contributed by atoms with E-state index in [4.69, 9.17) is 0 Å². The molecular weight excluding hydrogens is 460 g/mol. The van der Waals surface area contributed by atoms with Gasteiger partial charge in [-0.15, -0.1) is 0 Å². The number of unbranched alkanes of at least 4 members (excludes halogenated alkanes) is 1. The van der Waals surface area contributed by atoms with Gasteiger partial charge in [-0.25, -0.2) is 4.39 Å². The topological polar surface area (TPSA) is 27.7 Å². The Morgan fingerprint density at radius 3 is 1.45 bits per heavy atom. The summed E-state index contributed by atoms with van der Waals surface area (Å²) in [4.78, 5) is 0. The van der Waals surface area contributed by atoms with E-state index in [1.54, 1.807) is 0 Å².